The molecule has 4 aliphatic heterocycles. The van der Waals surface area contributed by atoms with Crippen LogP contribution in [0.4, 0.5) is 10.1 Å². The Hall–Kier alpha value is -5.32. The van der Waals surface area contributed by atoms with Crippen molar-refractivity contribution in [2.75, 3.05) is 24.5 Å². The number of fused-ring (bicyclic) bond motifs is 2. The largest absolute Gasteiger partial charge is 0.489 e. The van der Waals surface area contributed by atoms with E-state index in [0.29, 0.717) is 46.5 Å². The third kappa shape index (κ3) is 6.72. The van der Waals surface area contributed by atoms with Crippen LogP contribution in [0.25, 0.3) is 0 Å². The molecule has 3 aromatic rings. The van der Waals surface area contributed by atoms with Crippen molar-refractivity contribution in [2.45, 2.75) is 84.7 Å². The number of benzene rings is 3. The smallest absolute Gasteiger partial charge is 0.262 e. The molecule has 0 bridgehead atoms. The summed E-state index contributed by atoms with van der Waals surface area (Å²) in [5.74, 6) is -2.16. The molecule has 5 aliphatic rings. The number of hydrogen-bond acceptors (Lipinski definition) is 9. The number of amides is 5. The van der Waals surface area contributed by atoms with Gasteiger partial charge in [-0.05, 0) is 78.8 Å². The van der Waals surface area contributed by atoms with Crippen molar-refractivity contribution in [3.63, 3.8) is 0 Å². The predicted octanol–water partition coefficient (Wildman–Crippen LogP) is 5.60. The van der Waals surface area contributed by atoms with Crippen molar-refractivity contribution < 1.29 is 33.1 Å². The van der Waals surface area contributed by atoms with Crippen LogP contribution in [-0.2, 0) is 22.7 Å². The van der Waals surface area contributed by atoms with Gasteiger partial charge in [0, 0.05) is 67.8 Å². The summed E-state index contributed by atoms with van der Waals surface area (Å²) in [4.78, 5) is 69.6. The SMILES string of the molecule is CC1(C)[C@H](NC(=O)c2ccc(N3CCC(CN4Cc5cc6c(cc5C4)C(=O)N(C4CCC(=O)NC4=O)C6=O)CC3)cc2F)C(C)(C)[C@H]1Oc1ccc(C#N)c(Cl)c1. The van der Waals surface area contributed by atoms with E-state index in [0.717, 1.165) is 54.2 Å². The minimum Gasteiger partial charge on any atom is -0.489 e. The molecule has 57 heavy (non-hydrogen) atoms. The number of carbonyl (C=O) groups excluding carboxylic acids is 5. The van der Waals surface area contributed by atoms with Crippen LogP contribution in [0.5, 0.6) is 5.75 Å². The van der Waals surface area contributed by atoms with E-state index in [4.69, 9.17) is 16.3 Å². The lowest BCUT2D eigenvalue weighted by Crippen LogP contribution is -2.74. The Bertz CT molecular complexity index is 2220. The van der Waals surface area contributed by atoms with E-state index in [-0.39, 0.29) is 30.6 Å². The fourth-order valence-corrected chi connectivity index (χ4v) is 10.2. The second-order valence-electron chi connectivity index (χ2n) is 17.2. The van der Waals surface area contributed by atoms with Crippen LogP contribution in [0, 0.1) is 33.9 Å². The zero-order chi connectivity index (χ0) is 40.6. The third-order valence-electron chi connectivity index (χ3n) is 12.7. The number of anilines is 1. The predicted molar refractivity (Wildman–Crippen MR) is 208 cm³/mol. The molecule has 0 spiro atoms. The van der Waals surface area contributed by atoms with Crippen LogP contribution in [0.2, 0.25) is 5.02 Å². The molecule has 1 unspecified atom stereocenters. The summed E-state index contributed by atoms with van der Waals surface area (Å²) < 4.78 is 21.9. The Morgan fingerprint density at radius 1 is 0.947 bits per heavy atom. The minimum atomic E-state index is -0.988. The molecular weight excluding hydrogens is 751 g/mol. The number of hydrogen-bond donors (Lipinski definition) is 2. The molecule has 0 aromatic heterocycles. The molecule has 4 heterocycles. The van der Waals surface area contributed by atoms with E-state index >= 15 is 4.39 Å². The molecule has 1 atom stereocenters. The lowest BCUT2D eigenvalue weighted by molar-refractivity contribution is -0.164. The lowest BCUT2D eigenvalue weighted by Gasteiger charge is -2.63. The van der Waals surface area contributed by atoms with Gasteiger partial charge in [0.2, 0.25) is 11.8 Å². The van der Waals surface area contributed by atoms with Gasteiger partial charge in [0.15, 0.2) is 0 Å². The molecule has 1 aliphatic carbocycles. The molecule has 2 saturated heterocycles. The molecular formula is C43H44ClFN6O6. The van der Waals surface area contributed by atoms with E-state index in [9.17, 15) is 29.2 Å². The first-order valence-electron chi connectivity index (χ1n) is 19.4. The summed E-state index contributed by atoms with van der Waals surface area (Å²) in [6.07, 6.45) is 1.71. The minimum absolute atomic E-state index is 0.0184. The van der Waals surface area contributed by atoms with Crippen molar-refractivity contribution in [3.8, 4) is 11.8 Å². The number of piperidine rings is 2. The van der Waals surface area contributed by atoms with E-state index in [1.54, 1.807) is 42.5 Å². The van der Waals surface area contributed by atoms with E-state index in [1.165, 1.54) is 6.07 Å². The number of halogens is 2. The van der Waals surface area contributed by atoms with Crippen molar-refractivity contribution in [1.29, 1.82) is 5.26 Å². The summed E-state index contributed by atoms with van der Waals surface area (Å²) >= 11 is 6.22. The summed E-state index contributed by atoms with van der Waals surface area (Å²) in [6, 6.07) is 14.0. The number of nitrogens with one attached hydrogen (secondary N) is 2. The van der Waals surface area contributed by atoms with Gasteiger partial charge in [-0.15, -0.1) is 0 Å². The highest BCUT2D eigenvalue weighted by atomic mass is 35.5. The quantitative estimate of drug-likeness (QED) is 0.278. The molecule has 3 fully saturated rings. The number of rotatable bonds is 8. The van der Waals surface area contributed by atoms with Gasteiger partial charge in [0.05, 0.1) is 27.3 Å². The number of carbonyl (C=O) groups is 5. The van der Waals surface area contributed by atoms with Crippen LogP contribution in [0.1, 0.15) is 101 Å². The second-order valence-corrected chi connectivity index (χ2v) is 17.6. The number of nitriles is 1. The van der Waals surface area contributed by atoms with Gasteiger partial charge in [0.25, 0.3) is 17.7 Å². The van der Waals surface area contributed by atoms with Crippen LogP contribution in [-0.4, -0.2) is 77.2 Å². The number of ether oxygens (including phenoxy) is 1. The van der Waals surface area contributed by atoms with Gasteiger partial charge < -0.3 is 15.0 Å². The van der Waals surface area contributed by atoms with Crippen molar-refractivity contribution in [3.05, 3.63) is 92.8 Å². The molecule has 2 N–H and O–H groups in total. The first-order valence-corrected chi connectivity index (χ1v) is 19.8. The first-order chi connectivity index (χ1) is 27.1. The van der Waals surface area contributed by atoms with Gasteiger partial charge in [-0.25, -0.2) is 4.39 Å². The number of imide groups is 2. The second kappa shape index (κ2) is 14.3. The summed E-state index contributed by atoms with van der Waals surface area (Å²) in [6.45, 7) is 11.6. The Kier molecular flexibility index (Phi) is 9.64. The lowest BCUT2D eigenvalue weighted by atomic mass is 9.49. The van der Waals surface area contributed by atoms with Crippen LogP contribution >= 0.6 is 11.6 Å². The molecule has 0 radical (unpaired) electrons. The van der Waals surface area contributed by atoms with Crippen molar-refractivity contribution in [1.82, 2.24) is 20.4 Å². The molecule has 14 heteroatoms. The standard InChI is InChI=1S/C43H44ClFN6O6/c1-42(2)40(43(3,4)41(42)57-28-7-5-24(19-46)32(44)18-28)48-36(53)29-8-6-27(17-33(29)45)50-13-11-23(12-14-50)20-49-21-25-15-30-31(16-26(25)22-49)39(56)51(38(30)55)34-9-10-35(52)47-37(34)54/h5-8,15-18,23,34,40-41H,9-14,20-22H2,1-4H3,(H,48,53)(H,47,52,54)/t34?,40-,41-. The third-order valence-corrected chi connectivity index (χ3v) is 13.0. The van der Waals surface area contributed by atoms with E-state index < -0.39 is 52.2 Å². The highest BCUT2D eigenvalue weighted by Gasteiger charge is 2.64. The monoisotopic (exact) mass is 794 g/mol. The normalized spacial score (nSPS) is 24.1. The Morgan fingerprint density at radius 3 is 2.18 bits per heavy atom. The Morgan fingerprint density at radius 2 is 1.60 bits per heavy atom. The van der Waals surface area contributed by atoms with Crippen molar-refractivity contribution >= 4 is 46.8 Å². The topological polar surface area (TPSA) is 152 Å². The van der Waals surface area contributed by atoms with Gasteiger partial charge in [-0.1, -0.05) is 39.3 Å². The Balaban J connectivity index is 0.838. The fourth-order valence-electron chi connectivity index (χ4n) is 10.00. The fraction of sp³-hybridized carbons (Fsp3) is 0.442. The highest BCUT2D eigenvalue weighted by Crippen LogP contribution is 2.55. The van der Waals surface area contributed by atoms with E-state index in [1.807, 2.05) is 33.8 Å². The van der Waals surface area contributed by atoms with Crippen molar-refractivity contribution in [2.24, 2.45) is 16.7 Å². The van der Waals surface area contributed by atoms with Crippen LogP contribution in [0.3, 0.4) is 0 Å². The van der Waals surface area contributed by atoms with Gasteiger partial charge in [-0.2, -0.15) is 5.26 Å². The number of nitrogens with zero attached hydrogens (tertiary/aromatic N) is 4. The van der Waals surface area contributed by atoms with E-state index in [2.05, 4.69) is 20.4 Å². The maximum absolute atomic E-state index is 15.6. The Labute approximate surface area is 335 Å². The zero-order valence-electron chi connectivity index (χ0n) is 32.3. The summed E-state index contributed by atoms with van der Waals surface area (Å²) in [7, 11) is 0. The summed E-state index contributed by atoms with van der Waals surface area (Å²) in [5, 5.41) is 14.8. The maximum atomic E-state index is 15.6. The average Bonchev–Trinajstić information content (AvgIpc) is 3.67. The first kappa shape index (κ1) is 38.5. The molecule has 12 nitrogen and oxygen atoms in total. The summed E-state index contributed by atoms with van der Waals surface area (Å²) in [5.41, 5.74) is 2.67. The highest BCUT2D eigenvalue weighted by molar-refractivity contribution is 6.31. The molecule has 1 saturated carbocycles. The van der Waals surface area contributed by atoms with Crippen LogP contribution in [0.15, 0.2) is 48.5 Å². The van der Waals surface area contributed by atoms with Gasteiger partial charge in [0.1, 0.15) is 29.8 Å². The van der Waals surface area contributed by atoms with Gasteiger partial charge >= 0.3 is 0 Å². The molecule has 5 amide bonds. The van der Waals surface area contributed by atoms with Crippen LogP contribution < -0.4 is 20.3 Å². The maximum Gasteiger partial charge on any atom is 0.262 e. The molecule has 3 aromatic carbocycles. The average molecular weight is 795 g/mol. The molecule has 8 rings (SSSR count). The van der Waals surface area contributed by atoms with Gasteiger partial charge in [-0.3, -0.25) is 39.1 Å². The zero-order valence-corrected chi connectivity index (χ0v) is 33.0. The molecule has 296 valence electrons.